The van der Waals surface area contributed by atoms with Crippen LogP contribution in [0.25, 0.3) is 0 Å². The molecule has 4 rings (SSSR count). The first-order chi connectivity index (χ1) is 12.7. The fourth-order valence-electron chi connectivity index (χ4n) is 2.96. The van der Waals surface area contributed by atoms with Gasteiger partial charge in [0.1, 0.15) is 0 Å². The summed E-state index contributed by atoms with van der Waals surface area (Å²) in [6.45, 7) is 3.59. The fourth-order valence-corrected chi connectivity index (χ4v) is 4.01. The third-order valence-electron chi connectivity index (χ3n) is 4.25. The van der Waals surface area contributed by atoms with Crippen LogP contribution in [-0.2, 0) is 6.54 Å². The molecule has 0 saturated carbocycles. The molecule has 2 aromatic carbocycles. The highest BCUT2D eigenvalue weighted by molar-refractivity contribution is 7.99. The lowest BCUT2D eigenvalue weighted by Gasteiger charge is -2.30. The molecular formula is C19H20N6S. The van der Waals surface area contributed by atoms with Gasteiger partial charge in [-0.25, -0.2) is 0 Å². The molecule has 26 heavy (non-hydrogen) atoms. The smallest absolute Gasteiger partial charge is 0.232 e. The zero-order chi connectivity index (χ0) is 17.9. The van der Waals surface area contributed by atoms with Crippen molar-refractivity contribution in [1.82, 2.24) is 15.0 Å². The van der Waals surface area contributed by atoms with E-state index in [2.05, 4.69) is 49.4 Å². The second kappa shape index (κ2) is 7.21. The van der Waals surface area contributed by atoms with E-state index < -0.39 is 0 Å². The van der Waals surface area contributed by atoms with Crippen molar-refractivity contribution in [2.75, 3.05) is 28.2 Å². The molecule has 1 aliphatic rings. The van der Waals surface area contributed by atoms with E-state index in [1.807, 2.05) is 43.0 Å². The van der Waals surface area contributed by atoms with Gasteiger partial charge in [-0.15, -0.1) is 11.8 Å². The number of benzene rings is 2. The summed E-state index contributed by atoms with van der Waals surface area (Å²) in [6, 6.07) is 16.4. The van der Waals surface area contributed by atoms with Crippen molar-refractivity contribution in [2.24, 2.45) is 0 Å². The van der Waals surface area contributed by atoms with Crippen LogP contribution < -0.4 is 16.0 Å². The van der Waals surface area contributed by atoms with Gasteiger partial charge in [0.05, 0.1) is 12.2 Å². The molecule has 6 nitrogen and oxygen atoms in total. The summed E-state index contributed by atoms with van der Waals surface area (Å²) in [5, 5.41) is 3.24. The number of para-hydroxylation sites is 2. The van der Waals surface area contributed by atoms with Crippen LogP contribution in [0.5, 0.6) is 0 Å². The first kappa shape index (κ1) is 16.7. The Morgan fingerprint density at radius 3 is 2.77 bits per heavy atom. The number of fused-ring (bicyclic) bond motifs is 1. The molecule has 3 aromatic rings. The Bertz CT molecular complexity index is 929. The van der Waals surface area contributed by atoms with Gasteiger partial charge >= 0.3 is 0 Å². The number of rotatable bonds is 4. The normalized spacial score (nSPS) is 13.3. The largest absolute Gasteiger partial charge is 0.368 e. The summed E-state index contributed by atoms with van der Waals surface area (Å²) < 4.78 is 0. The summed E-state index contributed by atoms with van der Waals surface area (Å²) >= 11 is 1.88. The minimum atomic E-state index is 0.228. The third kappa shape index (κ3) is 3.57. The predicted octanol–water partition coefficient (Wildman–Crippen LogP) is 3.62. The van der Waals surface area contributed by atoms with E-state index in [0.717, 1.165) is 23.5 Å². The Morgan fingerprint density at radius 1 is 1.08 bits per heavy atom. The number of nitrogens with zero attached hydrogens (tertiary/aromatic N) is 4. The Hall–Kier alpha value is -2.80. The van der Waals surface area contributed by atoms with E-state index >= 15 is 0 Å². The van der Waals surface area contributed by atoms with Gasteiger partial charge in [0, 0.05) is 22.9 Å². The van der Waals surface area contributed by atoms with E-state index in [1.165, 1.54) is 10.6 Å². The number of thioether (sulfide) groups is 1. The second-order valence-corrected chi connectivity index (χ2v) is 7.25. The number of aryl methyl sites for hydroxylation is 1. The molecule has 0 unspecified atom stereocenters. The average Bonchev–Trinajstić information content (AvgIpc) is 2.64. The van der Waals surface area contributed by atoms with Crippen LogP contribution in [-0.4, -0.2) is 27.2 Å². The number of aromatic nitrogens is 3. The van der Waals surface area contributed by atoms with Crippen LogP contribution in [0.15, 0.2) is 53.4 Å². The molecule has 132 valence electrons. The van der Waals surface area contributed by atoms with E-state index in [0.29, 0.717) is 18.3 Å². The number of nitrogens with one attached hydrogen (secondary N) is 1. The molecule has 2 heterocycles. The average molecular weight is 364 g/mol. The molecule has 3 N–H and O–H groups in total. The maximum absolute atomic E-state index is 5.93. The molecule has 1 aromatic heterocycles. The van der Waals surface area contributed by atoms with Gasteiger partial charge in [-0.05, 0) is 30.7 Å². The predicted molar refractivity (Wildman–Crippen MR) is 107 cm³/mol. The Balaban J connectivity index is 1.59. The van der Waals surface area contributed by atoms with Crippen LogP contribution in [0.3, 0.4) is 0 Å². The standard InChI is InChI=1S/C19H20N6S/c1-13-6-2-3-7-14(13)21-19-23-17(22-18(20)24-19)12-25-10-11-26-16-9-5-4-8-15(16)25/h2-9H,10-12H2,1H3,(H3,20,21,22,23,24). The molecule has 0 bridgehead atoms. The van der Waals surface area contributed by atoms with Gasteiger partial charge in [-0.1, -0.05) is 30.3 Å². The van der Waals surface area contributed by atoms with Crippen molar-refractivity contribution < 1.29 is 0 Å². The minimum absolute atomic E-state index is 0.228. The van der Waals surface area contributed by atoms with Crippen molar-refractivity contribution in [1.29, 1.82) is 0 Å². The zero-order valence-corrected chi connectivity index (χ0v) is 15.3. The molecule has 0 aliphatic carbocycles. The highest BCUT2D eigenvalue weighted by Crippen LogP contribution is 2.34. The number of hydrogen-bond acceptors (Lipinski definition) is 7. The summed E-state index contributed by atoms with van der Waals surface area (Å²) in [6.07, 6.45) is 0. The Kier molecular flexibility index (Phi) is 4.62. The van der Waals surface area contributed by atoms with Crippen LogP contribution in [0.4, 0.5) is 23.3 Å². The van der Waals surface area contributed by atoms with Crippen LogP contribution in [0.2, 0.25) is 0 Å². The van der Waals surface area contributed by atoms with Gasteiger partial charge < -0.3 is 16.0 Å². The van der Waals surface area contributed by atoms with Gasteiger partial charge in [0.25, 0.3) is 0 Å². The lowest BCUT2D eigenvalue weighted by atomic mass is 10.2. The Morgan fingerprint density at radius 2 is 1.88 bits per heavy atom. The van der Waals surface area contributed by atoms with Gasteiger partial charge in [0.2, 0.25) is 11.9 Å². The first-order valence-corrected chi connectivity index (χ1v) is 9.47. The maximum Gasteiger partial charge on any atom is 0.232 e. The SMILES string of the molecule is Cc1ccccc1Nc1nc(N)nc(CN2CCSc3ccccc32)n1. The fraction of sp³-hybridized carbons (Fsp3) is 0.211. The number of nitrogen functional groups attached to an aromatic ring is 1. The van der Waals surface area contributed by atoms with Crippen molar-refractivity contribution in [3.8, 4) is 0 Å². The monoisotopic (exact) mass is 364 g/mol. The van der Waals surface area contributed by atoms with Crippen LogP contribution in [0.1, 0.15) is 11.4 Å². The molecule has 0 radical (unpaired) electrons. The number of hydrogen-bond donors (Lipinski definition) is 2. The number of nitrogens with two attached hydrogens (primary N) is 1. The van der Waals surface area contributed by atoms with E-state index in [-0.39, 0.29) is 5.95 Å². The quantitative estimate of drug-likeness (QED) is 0.732. The first-order valence-electron chi connectivity index (χ1n) is 8.49. The highest BCUT2D eigenvalue weighted by atomic mass is 32.2. The molecule has 0 atom stereocenters. The van der Waals surface area contributed by atoms with E-state index in [1.54, 1.807) is 0 Å². The molecular weight excluding hydrogens is 344 g/mol. The molecule has 0 amide bonds. The summed E-state index contributed by atoms with van der Waals surface area (Å²) in [5.41, 5.74) is 9.23. The van der Waals surface area contributed by atoms with Crippen molar-refractivity contribution in [3.63, 3.8) is 0 Å². The van der Waals surface area contributed by atoms with Gasteiger partial charge in [0.15, 0.2) is 5.82 Å². The molecule has 0 fully saturated rings. The van der Waals surface area contributed by atoms with Crippen molar-refractivity contribution in [2.45, 2.75) is 18.4 Å². The molecule has 1 aliphatic heterocycles. The summed E-state index contributed by atoms with van der Waals surface area (Å²) in [4.78, 5) is 16.7. The lowest BCUT2D eigenvalue weighted by Crippen LogP contribution is -2.29. The molecule has 0 saturated heterocycles. The van der Waals surface area contributed by atoms with Crippen molar-refractivity contribution >= 4 is 35.0 Å². The minimum Gasteiger partial charge on any atom is -0.368 e. The molecule has 7 heteroatoms. The topological polar surface area (TPSA) is 80.0 Å². The van der Waals surface area contributed by atoms with Crippen LogP contribution >= 0.6 is 11.8 Å². The summed E-state index contributed by atoms with van der Waals surface area (Å²) in [7, 11) is 0. The maximum atomic E-state index is 5.93. The van der Waals surface area contributed by atoms with Crippen LogP contribution in [0, 0.1) is 6.92 Å². The van der Waals surface area contributed by atoms with Crippen molar-refractivity contribution in [3.05, 3.63) is 59.9 Å². The third-order valence-corrected chi connectivity index (χ3v) is 5.29. The molecule has 0 spiro atoms. The van der Waals surface area contributed by atoms with E-state index in [9.17, 15) is 0 Å². The highest BCUT2D eigenvalue weighted by Gasteiger charge is 2.18. The number of anilines is 4. The van der Waals surface area contributed by atoms with E-state index in [4.69, 9.17) is 5.73 Å². The van der Waals surface area contributed by atoms with Gasteiger partial charge in [-0.2, -0.15) is 15.0 Å². The summed E-state index contributed by atoms with van der Waals surface area (Å²) in [5.74, 6) is 2.41. The lowest BCUT2D eigenvalue weighted by molar-refractivity contribution is 0.766. The Labute approximate surface area is 156 Å². The zero-order valence-electron chi connectivity index (χ0n) is 14.5. The van der Waals surface area contributed by atoms with Gasteiger partial charge in [-0.3, -0.25) is 0 Å². The second-order valence-electron chi connectivity index (χ2n) is 6.11.